The Morgan fingerprint density at radius 1 is 1.42 bits per heavy atom. The molecule has 1 aromatic carbocycles. The highest BCUT2D eigenvalue weighted by Crippen LogP contribution is 2.31. The summed E-state index contributed by atoms with van der Waals surface area (Å²) in [4.78, 5) is 2.43. The lowest BCUT2D eigenvalue weighted by molar-refractivity contribution is 0.0459. The molecule has 0 saturated carbocycles. The predicted molar refractivity (Wildman–Crippen MR) is 83.6 cm³/mol. The van der Waals surface area contributed by atoms with Crippen LogP contribution in [0.2, 0.25) is 0 Å². The lowest BCUT2D eigenvalue weighted by Gasteiger charge is -2.35. The van der Waals surface area contributed by atoms with Crippen LogP contribution in [0.3, 0.4) is 0 Å². The van der Waals surface area contributed by atoms with E-state index < -0.39 is 0 Å². The average Bonchev–Trinajstić information content (AvgIpc) is 2.39. The minimum atomic E-state index is 0.0627. The largest absolute Gasteiger partial charge is 0.378 e. The first-order valence-corrected chi connectivity index (χ1v) is 7.82. The number of halogens is 1. The molecule has 106 valence electrons. The van der Waals surface area contributed by atoms with Gasteiger partial charge in [0.05, 0.1) is 6.10 Å². The molecule has 1 aromatic rings. The van der Waals surface area contributed by atoms with Gasteiger partial charge in [0.1, 0.15) is 0 Å². The number of ether oxygens (including phenoxy) is 1. The second-order valence-corrected chi connectivity index (χ2v) is 6.05. The predicted octanol–water partition coefficient (Wildman–Crippen LogP) is 3.47. The summed E-state index contributed by atoms with van der Waals surface area (Å²) < 4.78 is 6.82. The van der Waals surface area contributed by atoms with Gasteiger partial charge in [0.25, 0.3) is 0 Å². The number of anilines is 1. The van der Waals surface area contributed by atoms with Gasteiger partial charge in [0.15, 0.2) is 0 Å². The number of nitrogens with two attached hydrogens (primary N) is 1. The van der Waals surface area contributed by atoms with Crippen molar-refractivity contribution in [1.82, 2.24) is 0 Å². The maximum atomic E-state index is 6.08. The standard InChI is InChI=1S/C15H23BrN2O/c1-3-19-13-6-8-18(9-7-13)15-10-12(16)4-5-14(15)11(2)17/h4-5,10-11,13H,3,6-9,17H2,1-2H3. The number of hydrogen-bond donors (Lipinski definition) is 1. The highest BCUT2D eigenvalue weighted by Gasteiger charge is 2.22. The van der Waals surface area contributed by atoms with Crippen LogP contribution in [-0.2, 0) is 4.74 Å². The molecule has 4 heteroatoms. The molecule has 1 saturated heterocycles. The van der Waals surface area contributed by atoms with Crippen LogP contribution in [0.25, 0.3) is 0 Å². The molecule has 0 radical (unpaired) electrons. The van der Waals surface area contributed by atoms with Crippen LogP contribution < -0.4 is 10.6 Å². The van der Waals surface area contributed by atoms with Gasteiger partial charge in [0.2, 0.25) is 0 Å². The monoisotopic (exact) mass is 326 g/mol. The maximum absolute atomic E-state index is 6.08. The van der Waals surface area contributed by atoms with Crippen molar-refractivity contribution in [3.8, 4) is 0 Å². The average molecular weight is 327 g/mol. The van der Waals surface area contributed by atoms with E-state index in [1.807, 2.05) is 6.92 Å². The van der Waals surface area contributed by atoms with Crippen molar-refractivity contribution < 1.29 is 4.74 Å². The number of benzene rings is 1. The molecular formula is C15H23BrN2O. The van der Waals surface area contributed by atoms with E-state index in [0.29, 0.717) is 6.10 Å². The third-order valence-electron chi connectivity index (χ3n) is 3.67. The van der Waals surface area contributed by atoms with Gasteiger partial charge in [-0.3, -0.25) is 0 Å². The molecular weight excluding hydrogens is 304 g/mol. The fourth-order valence-corrected chi connectivity index (χ4v) is 3.02. The Balaban J connectivity index is 2.12. The quantitative estimate of drug-likeness (QED) is 0.920. The van der Waals surface area contributed by atoms with Gasteiger partial charge in [-0.1, -0.05) is 22.0 Å². The fourth-order valence-electron chi connectivity index (χ4n) is 2.67. The molecule has 0 aliphatic carbocycles. The highest BCUT2D eigenvalue weighted by molar-refractivity contribution is 9.10. The molecule has 1 unspecified atom stereocenters. The van der Waals surface area contributed by atoms with Crippen molar-refractivity contribution in [1.29, 1.82) is 0 Å². The van der Waals surface area contributed by atoms with E-state index in [1.165, 1.54) is 11.3 Å². The number of rotatable bonds is 4. The van der Waals surface area contributed by atoms with Crippen LogP contribution in [-0.4, -0.2) is 25.8 Å². The van der Waals surface area contributed by atoms with Crippen LogP contribution >= 0.6 is 15.9 Å². The van der Waals surface area contributed by atoms with Gasteiger partial charge in [-0.05, 0) is 44.4 Å². The van der Waals surface area contributed by atoms with Crippen molar-refractivity contribution in [2.24, 2.45) is 5.73 Å². The van der Waals surface area contributed by atoms with Crippen LogP contribution in [0.1, 0.15) is 38.3 Å². The van der Waals surface area contributed by atoms with Gasteiger partial charge in [-0.15, -0.1) is 0 Å². The molecule has 1 aliphatic rings. The van der Waals surface area contributed by atoms with Crippen LogP contribution in [0.5, 0.6) is 0 Å². The summed E-state index contributed by atoms with van der Waals surface area (Å²) in [6, 6.07) is 6.43. The van der Waals surface area contributed by atoms with E-state index in [-0.39, 0.29) is 6.04 Å². The Bertz CT molecular complexity index is 415. The summed E-state index contributed by atoms with van der Waals surface area (Å²) in [5.41, 5.74) is 8.56. The first kappa shape index (κ1) is 14.8. The van der Waals surface area contributed by atoms with Crippen LogP contribution in [0, 0.1) is 0 Å². The summed E-state index contributed by atoms with van der Waals surface area (Å²) >= 11 is 3.56. The van der Waals surface area contributed by atoms with Gasteiger partial charge in [0, 0.05) is 35.9 Å². The molecule has 1 heterocycles. The molecule has 0 bridgehead atoms. The third-order valence-corrected chi connectivity index (χ3v) is 4.16. The zero-order chi connectivity index (χ0) is 13.8. The summed E-state index contributed by atoms with van der Waals surface area (Å²) in [5, 5.41) is 0. The SMILES string of the molecule is CCOC1CCN(c2cc(Br)ccc2C(C)N)CC1. The molecule has 0 aromatic heterocycles. The Hall–Kier alpha value is -0.580. The number of nitrogens with zero attached hydrogens (tertiary/aromatic N) is 1. The van der Waals surface area contributed by atoms with Gasteiger partial charge >= 0.3 is 0 Å². The second kappa shape index (κ2) is 6.73. The normalized spacial score (nSPS) is 18.6. The van der Waals surface area contributed by atoms with Crippen molar-refractivity contribution >= 4 is 21.6 Å². The van der Waals surface area contributed by atoms with Gasteiger partial charge < -0.3 is 15.4 Å². The maximum Gasteiger partial charge on any atom is 0.0608 e. The minimum absolute atomic E-state index is 0.0627. The summed E-state index contributed by atoms with van der Waals surface area (Å²) in [5.74, 6) is 0. The highest BCUT2D eigenvalue weighted by atomic mass is 79.9. The third kappa shape index (κ3) is 3.71. The van der Waals surface area contributed by atoms with E-state index >= 15 is 0 Å². The zero-order valence-electron chi connectivity index (χ0n) is 11.7. The van der Waals surface area contributed by atoms with Gasteiger partial charge in [-0.25, -0.2) is 0 Å². The van der Waals surface area contributed by atoms with Crippen molar-refractivity contribution in [3.63, 3.8) is 0 Å². The second-order valence-electron chi connectivity index (χ2n) is 5.13. The Morgan fingerprint density at radius 3 is 2.68 bits per heavy atom. The fraction of sp³-hybridized carbons (Fsp3) is 0.600. The van der Waals surface area contributed by atoms with Crippen LogP contribution in [0.4, 0.5) is 5.69 Å². The first-order valence-electron chi connectivity index (χ1n) is 7.03. The van der Waals surface area contributed by atoms with Crippen LogP contribution in [0.15, 0.2) is 22.7 Å². The molecule has 0 amide bonds. The molecule has 0 spiro atoms. The van der Waals surface area contributed by atoms with E-state index in [9.17, 15) is 0 Å². The Morgan fingerprint density at radius 2 is 2.11 bits per heavy atom. The van der Waals surface area contributed by atoms with Crippen molar-refractivity contribution in [3.05, 3.63) is 28.2 Å². The number of piperidine rings is 1. The van der Waals surface area contributed by atoms with Gasteiger partial charge in [-0.2, -0.15) is 0 Å². The molecule has 19 heavy (non-hydrogen) atoms. The molecule has 2 rings (SSSR count). The molecule has 1 atom stereocenters. The topological polar surface area (TPSA) is 38.5 Å². The Labute approximate surface area is 124 Å². The molecule has 1 fully saturated rings. The Kier molecular flexibility index (Phi) is 5.25. The van der Waals surface area contributed by atoms with E-state index in [4.69, 9.17) is 10.5 Å². The molecule has 3 nitrogen and oxygen atoms in total. The van der Waals surface area contributed by atoms with E-state index in [0.717, 1.165) is 37.0 Å². The lowest BCUT2D eigenvalue weighted by Crippen LogP contribution is -2.37. The number of hydrogen-bond acceptors (Lipinski definition) is 3. The molecule has 2 N–H and O–H groups in total. The lowest BCUT2D eigenvalue weighted by atomic mass is 10.0. The first-order chi connectivity index (χ1) is 9.11. The summed E-state index contributed by atoms with van der Waals surface area (Å²) in [7, 11) is 0. The van der Waals surface area contributed by atoms with E-state index in [2.05, 4.69) is 46.0 Å². The van der Waals surface area contributed by atoms with Crippen molar-refractivity contribution in [2.45, 2.75) is 38.8 Å². The smallest absolute Gasteiger partial charge is 0.0608 e. The van der Waals surface area contributed by atoms with E-state index in [1.54, 1.807) is 0 Å². The van der Waals surface area contributed by atoms with Crippen molar-refractivity contribution in [2.75, 3.05) is 24.6 Å². The summed E-state index contributed by atoms with van der Waals surface area (Å²) in [6.07, 6.45) is 2.62. The molecule has 1 aliphatic heterocycles. The summed E-state index contributed by atoms with van der Waals surface area (Å²) in [6.45, 7) is 7.00. The zero-order valence-corrected chi connectivity index (χ0v) is 13.3. The minimum Gasteiger partial charge on any atom is -0.378 e.